The van der Waals surface area contributed by atoms with Crippen LogP contribution in [0.25, 0.3) is 10.9 Å². The number of nitrogens with zero attached hydrogens (tertiary/aromatic N) is 2. The van der Waals surface area contributed by atoms with Crippen LogP contribution in [0.5, 0.6) is 0 Å². The van der Waals surface area contributed by atoms with Crippen LogP contribution in [0.4, 0.5) is 0 Å². The summed E-state index contributed by atoms with van der Waals surface area (Å²) in [7, 11) is 0. The van der Waals surface area contributed by atoms with Crippen molar-refractivity contribution in [2.24, 2.45) is 0 Å². The standard InChI is InChI=1S/C21H18N2/c1-15-17-9-5-6-10-19(17)23-20-11-12-21(14-22,13-18(15)20)16-7-3-2-4-8-16/h2-10H,11-13H2,1H3/t21-/m0/s1. The fourth-order valence-corrected chi connectivity index (χ4v) is 3.81. The molecule has 1 atom stereocenters. The van der Waals surface area contributed by atoms with Crippen LogP contribution >= 0.6 is 0 Å². The highest BCUT2D eigenvalue weighted by molar-refractivity contribution is 5.83. The largest absolute Gasteiger partial charge is 0.253 e. The molecule has 2 nitrogen and oxygen atoms in total. The highest BCUT2D eigenvalue weighted by Gasteiger charge is 2.37. The van der Waals surface area contributed by atoms with Crippen LogP contribution in [0.3, 0.4) is 0 Å². The van der Waals surface area contributed by atoms with Crippen LogP contribution in [0.1, 0.15) is 28.8 Å². The molecule has 0 bridgehead atoms. The van der Waals surface area contributed by atoms with Crippen molar-refractivity contribution in [1.29, 1.82) is 5.26 Å². The zero-order valence-corrected chi connectivity index (χ0v) is 13.2. The van der Waals surface area contributed by atoms with Crippen LogP contribution in [-0.2, 0) is 18.3 Å². The average Bonchev–Trinajstić information content (AvgIpc) is 2.63. The fourth-order valence-electron chi connectivity index (χ4n) is 3.81. The lowest BCUT2D eigenvalue weighted by Gasteiger charge is -2.33. The average molecular weight is 298 g/mol. The van der Waals surface area contributed by atoms with Crippen molar-refractivity contribution < 1.29 is 0 Å². The predicted molar refractivity (Wildman–Crippen MR) is 92.2 cm³/mol. The smallest absolute Gasteiger partial charge is 0.0867 e. The molecular formula is C21H18N2. The lowest BCUT2D eigenvalue weighted by atomic mass is 9.68. The van der Waals surface area contributed by atoms with E-state index in [4.69, 9.17) is 4.98 Å². The van der Waals surface area contributed by atoms with Gasteiger partial charge in [0.1, 0.15) is 0 Å². The van der Waals surface area contributed by atoms with E-state index in [1.807, 2.05) is 24.3 Å². The molecule has 0 aliphatic heterocycles. The van der Waals surface area contributed by atoms with Crippen LogP contribution in [-0.4, -0.2) is 4.98 Å². The number of para-hydroxylation sites is 1. The van der Waals surface area contributed by atoms with Gasteiger partial charge in [0, 0.05) is 11.1 Å². The lowest BCUT2D eigenvalue weighted by Crippen LogP contribution is -2.33. The predicted octanol–water partition coefficient (Wildman–Crippen LogP) is 4.49. The summed E-state index contributed by atoms with van der Waals surface area (Å²) >= 11 is 0. The highest BCUT2D eigenvalue weighted by Crippen LogP contribution is 2.40. The molecule has 0 saturated heterocycles. The molecule has 112 valence electrons. The first-order valence-electron chi connectivity index (χ1n) is 8.07. The second-order valence-electron chi connectivity index (χ2n) is 6.42. The van der Waals surface area contributed by atoms with Crippen molar-refractivity contribution in [3.05, 3.63) is 77.0 Å². The van der Waals surface area contributed by atoms with E-state index in [1.54, 1.807) is 0 Å². The Morgan fingerprint density at radius 1 is 1.04 bits per heavy atom. The van der Waals surface area contributed by atoms with Crippen LogP contribution in [0.2, 0.25) is 0 Å². The molecule has 2 aromatic carbocycles. The van der Waals surface area contributed by atoms with E-state index in [9.17, 15) is 5.26 Å². The third kappa shape index (κ3) is 2.12. The normalized spacial score (nSPS) is 20.0. The first-order chi connectivity index (χ1) is 11.2. The molecule has 23 heavy (non-hydrogen) atoms. The van der Waals surface area contributed by atoms with E-state index in [1.165, 1.54) is 22.2 Å². The summed E-state index contributed by atoms with van der Waals surface area (Å²) in [5, 5.41) is 11.2. The number of fused-ring (bicyclic) bond motifs is 2. The van der Waals surface area contributed by atoms with E-state index in [-0.39, 0.29) is 0 Å². The molecule has 2 heteroatoms. The van der Waals surface area contributed by atoms with E-state index < -0.39 is 5.41 Å². The molecule has 0 unspecified atom stereocenters. The van der Waals surface area contributed by atoms with Gasteiger partial charge in [-0.05, 0) is 48.9 Å². The Morgan fingerprint density at radius 3 is 2.57 bits per heavy atom. The number of hydrogen-bond acceptors (Lipinski definition) is 2. The maximum Gasteiger partial charge on any atom is 0.0867 e. The molecule has 0 radical (unpaired) electrons. The van der Waals surface area contributed by atoms with Gasteiger partial charge in [0.05, 0.1) is 17.0 Å². The van der Waals surface area contributed by atoms with E-state index in [2.05, 4.69) is 43.3 Å². The van der Waals surface area contributed by atoms with Gasteiger partial charge in [-0.3, -0.25) is 4.98 Å². The first kappa shape index (κ1) is 14.0. The van der Waals surface area contributed by atoms with Crippen molar-refractivity contribution >= 4 is 10.9 Å². The Labute approximate surface area is 136 Å². The van der Waals surface area contributed by atoms with Crippen LogP contribution in [0.15, 0.2) is 54.6 Å². The van der Waals surface area contributed by atoms with Gasteiger partial charge in [0.2, 0.25) is 0 Å². The molecular weight excluding hydrogens is 280 g/mol. The monoisotopic (exact) mass is 298 g/mol. The Kier molecular flexibility index (Phi) is 3.16. The molecule has 1 aliphatic rings. The van der Waals surface area contributed by atoms with Gasteiger partial charge in [-0.2, -0.15) is 5.26 Å². The zero-order chi connectivity index (χ0) is 15.9. The molecule has 0 amide bonds. The van der Waals surface area contributed by atoms with Gasteiger partial charge in [0.25, 0.3) is 0 Å². The number of pyridine rings is 1. The van der Waals surface area contributed by atoms with Gasteiger partial charge in [-0.15, -0.1) is 0 Å². The summed E-state index contributed by atoms with van der Waals surface area (Å²) in [5.41, 5.74) is 5.47. The van der Waals surface area contributed by atoms with Crippen LogP contribution < -0.4 is 0 Å². The molecule has 0 saturated carbocycles. The topological polar surface area (TPSA) is 36.7 Å². The SMILES string of the molecule is Cc1c2c(nc3ccccc13)CC[C@](C#N)(c1ccccc1)C2. The highest BCUT2D eigenvalue weighted by atomic mass is 14.7. The summed E-state index contributed by atoms with van der Waals surface area (Å²) in [4.78, 5) is 4.86. The zero-order valence-electron chi connectivity index (χ0n) is 13.2. The minimum atomic E-state index is -0.427. The molecule has 1 aliphatic carbocycles. The van der Waals surface area contributed by atoms with Crippen molar-refractivity contribution in [3.63, 3.8) is 0 Å². The molecule has 0 fully saturated rings. The quantitative estimate of drug-likeness (QED) is 0.663. The molecule has 1 heterocycles. The van der Waals surface area contributed by atoms with Gasteiger partial charge in [-0.25, -0.2) is 0 Å². The van der Waals surface area contributed by atoms with E-state index >= 15 is 0 Å². The van der Waals surface area contributed by atoms with Gasteiger partial charge >= 0.3 is 0 Å². The molecule has 0 N–H and O–H groups in total. The Morgan fingerprint density at radius 2 is 1.78 bits per heavy atom. The third-order valence-electron chi connectivity index (χ3n) is 5.17. The van der Waals surface area contributed by atoms with Gasteiger partial charge in [-0.1, -0.05) is 48.5 Å². The lowest BCUT2D eigenvalue weighted by molar-refractivity contribution is 0.466. The second kappa shape index (κ2) is 5.21. The van der Waals surface area contributed by atoms with E-state index in [0.29, 0.717) is 0 Å². The Balaban J connectivity index is 1.89. The number of aryl methyl sites for hydroxylation is 2. The number of hydrogen-bond donors (Lipinski definition) is 0. The van der Waals surface area contributed by atoms with Crippen molar-refractivity contribution in [3.8, 4) is 6.07 Å². The Hall–Kier alpha value is -2.66. The molecule has 3 aromatic rings. The van der Waals surface area contributed by atoms with Gasteiger partial charge in [0.15, 0.2) is 0 Å². The van der Waals surface area contributed by atoms with Crippen LogP contribution in [0, 0.1) is 18.3 Å². The maximum absolute atomic E-state index is 9.95. The van der Waals surface area contributed by atoms with Crippen molar-refractivity contribution in [1.82, 2.24) is 4.98 Å². The summed E-state index contributed by atoms with van der Waals surface area (Å²) in [6.07, 6.45) is 2.46. The first-order valence-corrected chi connectivity index (χ1v) is 8.07. The minimum Gasteiger partial charge on any atom is -0.253 e. The fraction of sp³-hybridized carbons (Fsp3) is 0.238. The van der Waals surface area contributed by atoms with Crippen molar-refractivity contribution in [2.75, 3.05) is 0 Å². The minimum absolute atomic E-state index is 0.427. The Bertz CT molecular complexity index is 922. The molecule has 0 spiro atoms. The van der Waals surface area contributed by atoms with Crippen molar-refractivity contribution in [2.45, 2.75) is 31.6 Å². The number of nitriles is 1. The molecule has 1 aromatic heterocycles. The maximum atomic E-state index is 9.95. The van der Waals surface area contributed by atoms with Gasteiger partial charge < -0.3 is 0 Å². The second-order valence-corrected chi connectivity index (χ2v) is 6.42. The summed E-state index contributed by atoms with van der Waals surface area (Å²) in [6, 6.07) is 21.1. The molecule has 4 rings (SSSR count). The third-order valence-corrected chi connectivity index (χ3v) is 5.17. The number of aromatic nitrogens is 1. The number of benzene rings is 2. The van der Waals surface area contributed by atoms with E-state index in [0.717, 1.165) is 30.3 Å². The summed E-state index contributed by atoms with van der Waals surface area (Å²) in [5.74, 6) is 0. The summed E-state index contributed by atoms with van der Waals surface area (Å²) in [6.45, 7) is 2.17. The number of rotatable bonds is 1. The summed E-state index contributed by atoms with van der Waals surface area (Å²) < 4.78 is 0.